The Morgan fingerprint density at radius 3 is 2.35 bits per heavy atom. The molecule has 0 saturated carbocycles. The van der Waals surface area contributed by atoms with Crippen LogP contribution >= 0.6 is 0 Å². The van der Waals surface area contributed by atoms with Crippen LogP contribution in [0.15, 0.2) is 48.5 Å². The summed E-state index contributed by atoms with van der Waals surface area (Å²) in [6.07, 6.45) is 3.26. The predicted molar refractivity (Wildman–Crippen MR) is 96.4 cm³/mol. The maximum Gasteiger partial charge on any atom is 0.124 e. The van der Waals surface area contributed by atoms with Gasteiger partial charge in [0.1, 0.15) is 11.5 Å². The summed E-state index contributed by atoms with van der Waals surface area (Å²) in [5.74, 6) is 1.89. The van der Waals surface area contributed by atoms with Crippen LogP contribution in [0.4, 0.5) is 5.69 Å². The highest BCUT2D eigenvalue weighted by Gasteiger charge is 2.03. The Morgan fingerprint density at radius 2 is 1.61 bits per heavy atom. The predicted octanol–water partition coefficient (Wildman–Crippen LogP) is 5.27. The lowest BCUT2D eigenvalue weighted by Gasteiger charge is -2.13. The number of nitrogens with one attached hydrogen (secondary N) is 1. The highest BCUT2D eigenvalue weighted by Crippen LogP contribution is 2.21. The summed E-state index contributed by atoms with van der Waals surface area (Å²) in [5, 5.41) is 3.44. The first-order chi connectivity index (χ1) is 11.3. The van der Waals surface area contributed by atoms with Gasteiger partial charge in [-0.05, 0) is 43.2 Å². The van der Waals surface area contributed by atoms with E-state index >= 15 is 0 Å². The van der Waals surface area contributed by atoms with Crippen LogP contribution in [0.5, 0.6) is 11.5 Å². The third kappa shape index (κ3) is 5.85. The molecule has 0 fully saturated rings. The van der Waals surface area contributed by atoms with E-state index in [9.17, 15) is 0 Å². The van der Waals surface area contributed by atoms with Gasteiger partial charge in [0.15, 0.2) is 0 Å². The zero-order valence-electron chi connectivity index (χ0n) is 14.2. The summed E-state index contributed by atoms with van der Waals surface area (Å²) in [6.45, 7) is 6.56. The van der Waals surface area contributed by atoms with Gasteiger partial charge in [0.2, 0.25) is 0 Å². The van der Waals surface area contributed by atoms with E-state index < -0.39 is 0 Å². The van der Waals surface area contributed by atoms with Gasteiger partial charge in [-0.3, -0.25) is 0 Å². The Morgan fingerprint density at radius 1 is 0.826 bits per heavy atom. The minimum atomic E-state index is 0.746. The fourth-order valence-electron chi connectivity index (χ4n) is 2.20. The van der Waals surface area contributed by atoms with Crippen molar-refractivity contribution in [3.8, 4) is 11.5 Å². The third-order valence-electron chi connectivity index (χ3n) is 3.54. The van der Waals surface area contributed by atoms with E-state index in [1.807, 2.05) is 30.3 Å². The van der Waals surface area contributed by atoms with Crippen molar-refractivity contribution in [3.05, 3.63) is 54.1 Å². The van der Waals surface area contributed by atoms with E-state index in [1.54, 1.807) is 0 Å². The molecule has 3 nitrogen and oxygen atoms in total. The number of para-hydroxylation sites is 1. The van der Waals surface area contributed by atoms with Crippen molar-refractivity contribution in [2.75, 3.05) is 18.5 Å². The zero-order valence-corrected chi connectivity index (χ0v) is 14.2. The van der Waals surface area contributed by atoms with Crippen molar-refractivity contribution in [3.63, 3.8) is 0 Å². The fourth-order valence-corrected chi connectivity index (χ4v) is 2.20. The number of hydrogen-bond acceptors (Lipinski definition) is 3. The lowest BCUT2D eigenvalue weighted by Crippen LogP contribution is -2.04. The van der Waals surface area contributed by atoms with Crippen molar-refractivity contribution in [2.24, 2.45) is 0 Å². The summed E-state index contributed by atoms with van der Waals surface area (Å²) in [5.41, 5.74) is 2.25. The first-order valence-corrected chi connectivity index (χ1v) is 8.51. The highest BCUT2D eigenvalue weighted by molar-refractivity contribution is 5.47. The van der Waals surface area contributed by atoms with Crippen LogP contribution in [0.3, 0.4) is 0 Å². The molecule has 0 atom stereocenters. The van der Waals surface area contributed by atoms with Crippen LogP contribution < -0.4 is 14.8 Å². The minimum Gasteiger partial charge on any atom is -0.494 e. The molecule has 0 bridgehead atoms. The summed E-state index contributed by atoms with van der Waals surface area (Å²) in [7, 11) is 0. The molecule has 0 aliphatic rings. The van der Waals surface area contributed by atoms with E-state index in [0.29, 0.717) is 0 Å². The number of anilines is 1. The van der Waals surface area contributed by atoms with Gasteiger partial charge in [-0.1, -0.05) is 38.5 Å². The molecule has 0 heterocycles. The van der Waals surface area contributed by atoms with Gasteiger partial charge < -0.3 is 14.8 Å². The average molecular weight is 313 g/mol. The van der Waals surface area contributed by atoms with Crippen molar-refractivity contribution in [2.45, 2.75) is 39.7 Å². The Bertz CT molecular complexity index is 566. The van der Waals surface area contributed by atoms with Crippen LogP contribution in [0.25, 0.3) is 0 Å². The number of ether oxygens (including phenoxy) is 2. The maximum atomic E-state index is 5.79. The Hall–Kier alpha value is -2.16. The Labute approximate surface area is 139 Å². The SMILES string of the molecule is CCCCOc1ccc(NCc2ccccc2OCCC)cc1. The van der Waals surface area contributed by atoms with Crippen molar-refractivity contribution in [1.82, 2.24) is 0 Å². The van der Waals surface area contributed by atoms with E-state index in [-0.39, 0.29) is 0 Å². The van der Waals surface area contributed by atoms with Crippen LogP contribution in [0.2, 0.25) is 0 Å². The van der Waals surface area contributed by atoms with Crippen LogP contribution in [0, 0.1) is 0 Å². The lowest BCUT2D eigenvalue weighted by molar-refractivity contribution is 0.309. The molecular weight excluding hydrogens is 286 g/mol. The Kier molecular flexibility index (Phi) is 7.31. The second-order valence-corrected chi connectivity index (χ2v) is 5.54. The minimum absolute atomic E-state index is 0.746. The van der Waals surface area contributed by atoms with Crippen LogP contribution in [-0.4, -0.2) is 13.2 Å². The number of rotatable bonds is 10. The third-order valence-corrected chi connectivity index (χ3v) is 3.54. The molecule has 2 rings (SSSR count). The normalized spacial score (nSPS) is 10.3. The monoisotopic (exact) mass is 313 g/mol. The van der Waals surface area contributed by atoms with Gasteiger partial charge >= 0.3 is 0 Å². The molecule has 1 N–H and O–H groups in total. The average Bonchev–Trinajstić information content (AvgIpc) is 2.60. The number of unbranched alkanes of at least 4 members (excludes halogenated alkanes) is 1. The van der Waals surface area contributed by atoms with Crippen molar-refractivity contribution < 1.29 is 9.47 Å². The van der Waals surface area contributed by atoms with Gasteiger partial charge in [0.05, 0.1) is 13.2 Å². The summed E-state index contributed by atoms with van der Waals surface area (Å²) in [6, 6.07) is 16.3. The molecule has 0 unspecified atom stereocenters. The first-order valence-electron chi connectivity index (χ1n) is 8.51. The Balaban J connectivity index is 1.88. The van der Waals surface area contributed by atoms with Gasteiger partial charge in [-0.2, -0.15) is 0 Å². The highest BCUT2D eigenvalue weighted by atomic mass is 16.5. The zero-order chi connectivity index (χ0) is 16.3. The number of benzene rings is 2. The number of hydrogen-bond donors (Lipinski definition) is 1. The standard InChI is InChI=1S/C20H27NO2/c1-3-5-15-22-19-12-10-18(11-13-19)21-16-17-8-6-7-9-20(17)23-14-4-2/h6-13,21H,3-5,14-16H2,1-2H3. The largest absolute Gasteiger partial charge is 0.494 e. The smallest absolute Gasteiger partial charge is 0.124 e. The molecule has 0 aromatic heterocycles. The van der Waals surface area contributed by atoms with Gasteiger partial charge in [-0.25, -0.2) is 0 Å². The summed E-state index contributed by atoms with van der Waals surface area (Å²) in [4.78, 5) is 0. The van der Waals surface area contributed by atoms with Crippen LogP contribution in [-0.2, 0) is 6.54 Å². The van der Waals surface area contributed by atoms with Crippen LogP contribution in [0.1, 0.15) is 38.7 Å². The van der Waals surface area contributed by atoms with Gasteiger partial charge in [0.25, 0.3) is 0 Å². The molecule has 0 radical (unpaired) electrons. The second kappa shape index (κ2) is 9.78. The van der Waals surface area contributed by atoms with E-state index in [1.165, 1.54) is 5.56 Å². The summed E-state index contributed by atoms with van der Waals surface area (Å²) < 4.78 is 11.5. The molecular formula is C20H27NO2. The molecule has 0 aliphatic heterocycles. The first kappa shape index (κ1) is 17.2. The molecule has 2 aromatic carbocycles. The molecule has 3 heteroatoms. The van der Waals surface area contributed by atoms with E-state index in [4.69, 9.17) is 9.47 Å². The van der Waals surface area contributed by atoms with Crippen molar-refractivity contribution >= 4 is 5.69 Å². The molecule has 124 valence electrons. The molecule has 0 amide bonds. The van der Waals surface area contributed by atoms with E-state index in [2.05, 4.69) is 37.4 Å². The summed E-state index contributed by atoms with van der Waals surface area (Å²) >= 11 is 0. The second-order valence-electron chi connectivity index (χ2n) is 5.54. The maximum absolute atomic E-state index is 5.79. The molecule has 0 saturated heterocycles. The fraction of sp³-hybridized carbons (Fsp3) is 0.400. The van der Waals surface area contributed by atoms with Crippen molar-refractivity contribution in [1.29, 1.82) is 0 Å². The quantitative estimate of drug-likeness (QED) is 0.606. The molecule has 0 aliphatic carbocycles. The van der Waals surface area contributed by atoms with Gasteiger partial charge in [0, 0.05) is 17.8 Å². The van der Waals surface area contributed by atoms with Gasteiger partial charge in [-0.15, -0.1) is 0 Å². The molecule has 23 heavy (non-hydrogen) atoms. The van der Waals surface area contributed by atoms with E-state index in [0.717, 1.165) is 56.2 Å². The molecule has 2 aromatic rings. The topological polar surface area (TPSA) is 30.5 Å². The lowest BCUT2D eigenvalue weighted by atomic mass is 10.2. The molecule has 0 spiro atoms.